The zero-order valence-corrected chi connectivity index (χ0v) is 15.5. The number of rotatable bonds is 5. The maximum atomic E-state index is 13.7. The van der Waals surface area contributed by atoms with Crippen LogP contribution in [-0.4, -0.2) is 18.1 Å². The molecule has 0 radical (unpaired) electrons. The summed E-state index contributed by atoms with van der Waals surface area (Å²) in [6, 6.07) is 17.3. The molecular formula is C22H20ClFN2O. The standard InChI is InChI=1S/C22H20ClFN2O/c23-20-11-16(15-4-2-1-3-5-15)6-7-21(20)27-22(17-8-9-25-12-17)18-10-19(24)14-26-13-18/h1-7,10-11,13-14,17,22,25H,8-9,12H2/t17?,22-/m0/s1. The topological polar surface area (TPSA) is 34.1 Å². The van der Waals surface area contributed by atoms with E-state index in [2.05, 4.69) is 10.3 Å². The molecule has 1 N–H and O–H groups in total. The van der Waals surface area contributed by atoms with Gasteiger partial charge in [-0.15, -0.1) is 0 Å². The van der Waals surface area contributed by atoms with Gasteiger partial charge in [-0.25, -0.2) is 4.39 Å². The van der Waals surface area contributed by atoms with Crippen LogP contribution in [0.2, 0.25) is 5.02 Å². The van der Waals surface area contributed by atoms with Crippen molar-refractivity contribution in [1.29, 1.82) is 0 Å². The Labute approximate surface area is 163 Å². The highest BCUT2D eigenvalue weighted by molar-refractivity contribution is 6.32. The third kappa shape index (κ3) is 4.12. The summed E-state index contributed by atoms with van der Waals surface area (Å²) in [6.45, 7) is 1.74. The van der Waals surface area contributed by atoms with Crippen LogP contribution in [0.25, 0.3) is 11.1 Å². The average Bonchev–Trinajstić information content (AvgIpc) is 3.22. The van der Waals surface area contributed by atoms with Crippen LogP contribution >= 0.6 is 11.6 Å². The van der Waals surface area contributed by atoms with Crippen molar-refractivity contribution in [3.05, 3.63) is 83.4 Å². The van der Waals surface area contributed by atoms with Gasteiger partial charge >= 0.3 is 0 Å². The Kier molecular flexibility index (Phi) is 5.37. The van der Waals surface area contributed by atoms with Crippen LogP contribution in [0.3, 0.4) is 0 Å². The summed E-state index contributed by atoms with van der Waals surface area (Å²) >= 11 is 6.52. The molecule has 4 rings (SSSR count). The van der Waals surface area contributed by atoms with Gasteiger partial charge < -0.3 is 10.1 Å². The molecule has 0 saturated carbocycles. The van der Waals surface area contributed by atoms with Crippen molar-refractivity contribution in [2.24, 2.45) is 5.92 Å². The minimum absolute atomic E-state index is 0.235. The fourth-order valence-electron chi connectivity index (χ4n) is 3.50. The Hall–Kier alpha value is -2.43. The highest BCUT2D eigenvalue weighted by atomic mass is 35.5. The summed E-state index contributed by atoms with van der Waals surface area (Å²) < 4.78 is 20.0. The molecule has 1 aliphatic heterocycles. The lowest BCUT2D eigenvalue weighted by atomic mass is 9.95. The average molecular weight is 383 g/mol. The third-order valence-electron chi connectivity index (χ3n) is 4.87. The zero-order valence-electron chi connectivity index (χ0n) is 14.7. The molecule has 0 amide bonds. The SMILES string of the molecule is Fc1cncc([C@@H](Oc2ccc(-c3ccccc3)cc2Cl)C2CCNC2)c1. The number of hydrogen-bond donors (Lipinski definition) is 1. The van der Waals surface area contributed by atoms with Crippen molar-refractivity contribution in [2.75, 3.05) is 13.1 Å². The molecular weight excluding hydrogens is 363 g/mol. The summed E-state index contributed by atoms with van der Waals surface area (Å²) in [6.07, 6.45) is 3.53. The largest absolute Gasteiger partial charge is 0.484 e. The second-order valence-corrected chi connectivity index (χ2v) is 7.15. The van der Waals surface area contributed by atoms with E-state index in [4.69, 9.17) is 16.3 Å². The Morgan fingerprint density at radius 3 is 2.63 bits per heavy atom. The molecule has 0 bridgehead atoms. The molecule has 0 aliphatic carbocycles. The summed E-state index contributed by atoms with van der Waals surface area (Å²) in [5.74, 6) is 0.466. The molecule has 1 aliphatic rings. The van der Waals surface area contributed by atoms with Crippen molar-refractivity contribution < 1.29 is 9.13 Å². The van der Waals surface area contributed by atoms with Gasteiger partial charge in [0.25, 0.3) is 0 Å². The molecule has 2 heterocycles. The molecule has 138 valence electrons. The lowest BCUT2D eigenvalue weighted by Crippen LogP contribution is -2.21. The van der Waals surface area contributed by atoms with E-state index in [1.54, 1.807) is 6.20 Å². The lowest BCUT2D eigenvalue weighted by molar-refractivity contribution is 0.144. The minimum Gasteiger partial charge on any atom is -0.484 e. The number of ether oxygens (including phenoxy) is 1. The van der Waals surface area contributed by atoms with Gasteiger partial charge in [-0.1, -0.05) is 48.0 Å². The minimum atomic E-state index is -0.363. The van der Waals surface area contributed by atoms with E-state index >= 15 is 0 Å². The van der Waals surface area contributed by atoms with Gasteiger partial charge in [0.15, 0.2) is 0 Å². The quantitative estimate of drug-likeness (QED) is 0.652. The molecule has 1 aromatic heterocycles. The van der Waals surface area contributed by atoms with Crippen molar-refractivity contribution in [3.8, 4) is 16.9 Å². The third-order valence-corrected chi connectivity index (χ3v) is 5.17. The van der Waals surface area contributed by atoms with Gasteiger partial charge in [0, 0.05) is 24.2 Å². The number of benzene rings is 2. The fraction of sp³-hybridized carbons (Fsp3) is 0.227. The van der Waals surface area contributed by atoms with Crippen LogP contribution in [0.5, 0.6) is 5.75 Å². The van der Waals surface area contributed by atoms with E-state index in [1.165, 1.54) is 12.3 Å². The summed E-state index contributed by atoms with van der Waals surface area (Å²) in [4.78, 5) is 3.99. The molecule has 3 aromatic rings. The second-order valence-electron chi connectivity index (χ2n) is 6.74. The molecule has 27 heavy (non-hydrogen) atoms. The van der Waals surface area contributed by atoms with Crippen LogP contribution in [0.15, 0.2) is 67.0 Å². The molecule has 5 heteroatoms. The second kappa shape index (κ2) is 8.07. The number of aromatic nitrogens is 1. The summed E-state index contributed by atoms with van der Waals surface area (Å²) in [7, 11) is 0. The number of pyridine rings is 1. The van der Waals surface area contributed by atoms with E-state index in [0.29, 0.717) is 10.8 Å². The maximum absolute atomic E-state index is 13.7. The molecule has 2 aromatic carbocycles. The number of hydrogen-bond acceptors (Lipinski definition) is 3. The highest BCUT2D eigenvalue weighted by Gasteiger charge is 2.29. The van der Waals surface area contributed by atoms with Crippen molar-refractivity contribution >= 4 is 11.6 Å². The Balaban J connectivity index is 1.63. The van der Waals surface area contributed by atoms with Crippen molar-refractivity contribution in [2.45, 2.75) is 12.5 Å². The van der Waals surface area contributed by atoms with E-state index in [9.17, 15) is 4.39 Å². The first-order valence-corrected chi connectivity index (χ1v) is 9.41. The van der Waals surface area contributed by atoms with Crippen LogP contribution < -0.4 is 10.1 Å². The van der Waals surface area contributed by atoms with E-state index in [1.807, 2.05) is 48.5 Å². The summed E-state index contributed by atoms with van der Waals surface area (Å²) in [5.41, 5.74) is 2.85. The maximum Gasteiger partial charge on any atom is 0.141 e. The van der Waals surface area contributed by atoms with Gasteiger partial charge in [0.05, 0.1) is 11.2 Å². The first-order chi connectivity index (χ1) is 13.2. The van der Waals surface area contributed by atoms with Gasteiger partial charge in [0.2, 0.25) is 0 Å². The number of nitrogens with one attached hydrogen (secondary N) is 1. The molecule has 2 atom stereocenters. The molecule has 1 saturated heterocycles. The molecule has 1 fully saturated rings. The first-order valence-electron chi connectivity index (χ1n) is 9.03. The fourth-order valence-corrected chi connectivity index (χ4v) is 3.72. The zero-order chi connectivity index (χ0) is 18.6. The highest BCUT2D eigenvalue weighted by Crippen LogP contribution is 2.37. The van der Waals surface area contributed by atoms with Crippen LogP contribution in [-0.2, 0) is 0 Å². The smallest absolute Gasteiger partial charge is 0.141 e. The van der Waals surface area contributed by atoms with E-state index in [0.717, 1.165) is 36.2 Å². The van der Waals surface area contributed by atoms with Gasteiger partial charge in [-0.2, -0.15) is 0 Å². The Bertz CT molecular complexity index is 913. The van der Waals surface area contributed by atoms with E-state index < -0.39 is 0 Å². The van der Waals surface area contributed by atoms with Gasteiger partial charge in [-0.3, -0.25) is 4.98 Å². The molecule has 3 nitrogen and oxygen atoms in total. The number of nitrogens with zero attached hydrogens (tertiary/aromatic N) is 1. The van der Waals surface area contributed by atoms with Crippen molar-refractivity contribution in [1.82, 2.24) is 10.3 Å². The van der Waals surface area contributed by atoms with Crippen LogP contribution in [0.4, 0.5) is 4.39 Å². The number of halogens is 2. The monoisotopic (exact) mass is 382 g/mol. The predicted octanol–water partition coefficient (Wildman–Crippen LogP) is 5.27. The Morgan fingerprint density at radius 1 is 1.07 bits per heavy atom. The van der Waals surface area contributed by atoms with Crippen LogP contribution in [0, 0.1) is 11.7 Å². The first kappa shape index (κ1) is 18.0. The Morgan fingerprint density at radius 2 is 1.93 bits per heavy atom. The van der Waals surface area contributed by atoms with Gasteiger partial charge in [0.1, 0.15) is 17.7 Å². The predicted molar refractivity (Wildman–Crippen MR) is 105 cm³/mol. The lowest BCUT2D eigenvalue weighted by Gasteiger charge is -2.25. The molecule has 1 unspecified atom stereocenters. The van der Waals surface area contributed by atoms with Gasteiger partial charge in [-0.05, 0) is 42.3 Å². The van der Waals surface area contributed by atoms with Crippen molar-refractivity contribution in [3.63, 3.8) is 0 Å². The normalized spacial score (nSPS) is 17.6. The van der Waals surface area contributed by atoms with E-state index in [-0.39, 0.29) is 17.8 Å². The summed E-state index contributed by atoms with van der Waals surface area (Å²) in [5, 5.41) is 3.88. The molecule has 0 spiro atoms. The van der Waals surface area contributed by atoms with Crippen LogP contribution in [0.1, 0.15) is 18.1 Å².